The Labute approximate surface area is 125 Å². The second-order valence-corrected chi connectivity index (χ2v) is 5.46. The number of nitrogens with zero attached hydrogens (tertiary/aromatic N) is 4. The Kier molecular flexibility index (Phi) is 5.83. The maximum atomic E-state index is 9.00. The van der Waals surface area contributed by atoms with E-state index < -0.39 is 0 Å². The SMILES string of the molecule is CC(CO)CCCNC(C)c1cccc(-n2cnnn2)c1. The van der Waals surface area contributed by atoms with Gasteiger partial charge in [-0.05, 0) is 60.4 Å². The first-order valence-electron chi connectivity index (χ1n) is 7.38. The molecule has 0 aliphatic heterocycles. The Hall–Kier alpha value is -1.79. The van der Waals surface area contributed by atoms with Gasteiger partial charge in [0.15, 0.2) is 0 Å². The van der Waals surface area contributed by atoms with Gasteiger partial charge in [-0.15, -0.1) is 5.10 Å². The maximum Gasteiger partial charge on any atom is 0.143 e. The van der Waals surface area contributed by atoms with Gasteiger partial charge in [0.2, 0.25) is 0 Å². The van der Waals surface area contributed by atoms with Crippen molar-refractivity contribution < 1.29 is 5.11 Å². The van der Waals surface area contributed by atoms with Crippen LogP contribution in [0.1, 0.15) is 38.3 Å². The van der Waals surface area contributed by atoms with Crippen LogP contribution in [0.2, 0.25) is 0 Å². The molecule has 2 atom stereocenters. The van der Waals surface area contributed by atoms with E-state index in [9.17, 15) is 0 Å². The molecule has 0 radical (unpaired) electrons. The van der Waals surface area contributed by atoms with Crippen LogP contribution < -0.4 is 5.32 Å². The summed E-state index contributed by atoms with van der Waals surface area (Å²) in [6.45, 7) is 5.43. The Balaban J connectivity index is 1.88. The zero-order chi connectivity index (χ0) is 15.1. The van der Waals surface area contributed by atoms with Crippen molar-refractivity contribution in [2.75, 3.05) is 13.2 Å². The lowest BCUT2D eigenvalue weighted by molar-refractivity contribution is 0.227. The molecule has 0 amide bonds. The van der Waals surface area contributed by atoms with Crippen molar-refractivity contribution >= 4 is 0 Å². The normalized spacial score (nSPS) is 14.0. The number of tetrazole rings is 1. The molecular formula is C15H23N5O. The molecule has 6 heteroatoms. The Morgan fingerprint density at radius 3 is 2.90 bits per heavy atom. The fourth-order valence-corrected chi connectivity index (χ4v) is 2.19. The van der Waals surface area contributed by atoms with Gasteiger partial charge in [0.1, 0.15) is 6.33 Å². The second kappa shape index (κ2) is 7.85. The fraction of sp³-hybridized carbons (Fsp3) is 0.533. The van der Waals surface area contributed by atoms with E-state index in [1.807, 2.05) is 12.1 Å². The molecule has 0 aliphatic carbocycles. The third kappa shape index (κ3) is 4.61. The van der Waals surface area contributed by atoms with Crippen molar-refractivity contribution in [1.82, 2.24) is 25.5 Å². The lowest BCUT2D eigenvalue weighted by Gasteiger charge is -2.16. The summed E-state index contributed by atoms with van der Waals surface area (Å²) in [7, 11) is 0. The molecule has 0 spiro atoms. The largest absolute Gasteiger partial charge is 0.396 e. The van der Waals surface area contributed by atoms with E-state index in [0.717, 1.165) is 25.1 Å². The molecule has 1 aromatic carbocycles. The summed E-state index contributed by atoms with van der Waals surface area (Å²) in [6.07, 6.45) is 3.70. The number of benzene rings is 1. The lowest BCUT2D eigenvalue weighted by Crippen LogP contribution is -2.20. The Morgan fingerprint density at radius 2 is 2.19 bits per heavy atom. The van der Waals surface area contributed by atoms with Crippen molar-refractivity contribution in [1.29, 1.82) is 0 Å². The summed E-state index contributed by atoms with van der Waals surface area (Å²) in [5, 5.41) is 23.7. The Morgan fingerprint density at radius 1 is 1.33 bits per heavy atom. The molecule has 2 unspecified atom stereocenters. The average molecular weight is 289 g/mol. The molecule has 0 fully saturated rings. The first-order chi connectivity index (χ1) is 10.2. The van der Waals surface area contributed by atoms with Crippen LogP contribution in [0.3, 0.4) is 0 Å². The van der Waals surface area contributed by atoms with E-state index in [0.29, 0.717) is 5.92 Å². The predicted octanol–water partition coefficient (Wildman–Crippen LogP) is 1.72. The molecule has 2 N–H and O–H groups in total. The van der Waals surface area contributed by atoms with Gasteiger partial charge in [0, 0.05) is 12.6 Å². The van der Waals surface area contributed by atoms with E-state index in [2.05, 4.69) is 46.8 Å². The monoisotopic (exact) mass is 289 g/mol. The van der Waals surface area contributed by atoms with Crippen LogP contribution >= 0.6 is 0 Å². The summed E-state index contributed by atoms with van der Waals surface area (Å²) in [5.74, 6) is 0.380. The van der Waals surface area contributed by atoms with Gasteiger partial charge in [-0.1, -0.05) is 19.1 Å². The topological polar surface area (TPSA) is 75.9 Å². The molecular weight excluding hydrogens is 266 g/mol. The van der Waals surface area contributed by atoms with Gasteiger partial charge in [0.25, 0.3) is 0 Å². The summed E-state index contributed by atoms with van der Waals surface area (Å²) in [4.78, 5) is 0. The van der Waals surface area contributed by atoms with Crippen LogP contribution in [0.4, 0.5) is 0 Å². The minimum atomic E-state index is 0.267. The molecule has 0 aliphatic rings. The maximum absolute atomic E-state index is 9.00. The van der Waals surface area contributed by atoms with Crippen LogP contribution in [0, 0.1) is 5.92 Å². The van der Waals surface area contributed by atoms with Crippen molar-refractivity contribution in [3.05, 3.63) is 36.2 Å². The molecule has 0 bridgehead atoms. The zero-order valence-electron chi connectivity index (χ0n) is 12.6. The molecule has 0 saturated heterocycles. The van der Waals surface area contributed by atoms with E-state index in [1.54, 1.807) is 11.0 Å². The molecule has 1 aromatic heterocycles. The smallest absolute Gasteiger partial charge is 0.143 e. The minimum absolute atomic E-state index is 0.267. The average Bonchev–Trinajstić information content (AvgIpc) is 3.05. The summed E-state index contributed by atoms with van der Waals surface area (Å²) < 4.78 is 1.65. The van der Waals surface area contributed by atoms with Gasteiger partial charge in [0.05, 0.1) is 5.69 Å². The second-order valence-electron chi connectivity index (χ2n) is 5.46. The Bertz CT molecular complexity index is 529. The van der Waals surface area contributed by atoms with Gasteiger partial charge >= 0.3 is 0 Å². The molecule has 1 heterocycles. The number of hydrogen-bond acceptors (Lipinski definition) is 5. The highest BCUT2D eigenvalue weighted by atomic mass is 16.3. The fourth-order valence-electron chi connectivity index (χ4n) is 2.19. The van der Waals surface area contributed by atoms with Crippen molar-refractivity contribution in [3.63, 3.8) is 0 Å². The quantitative estimate of drug-likeness (QED) is 0.724. The van der Waals surface area contributed by atoms with Crippen LogP contribution in [-0.4, -0.2) is 38.5 Å². The third-order valence-corrected chi connectivity index (χ3v) is 3.62. The summed E-state index contributed by atoms with van der Waals surface area (Å²) in [6, 6.07) is 8.45. The minimum Gasteiger partial charge on any atom is -0.396 e. The van der Waals surface area contributed by atoms with Gasteiger partial charge in [-0.25, -0.2) is 4.68 Å². The molecule has 2 aromatic rings. The van der Waals surface area contributed by atoms with E-state index in [1.165, 1.54) is 5.56 Å². The molecule has 6 nitrogen and oxygen atoms in total. The molecule has 114 valence electrons. The highest BCUT2D eigenvalue weighted by Crippen LogP contribution is 2.16. The van der Waals surface area contributed by atoms with Crippen molar-refractivity contribution in [3.8, 4) is 5.69 Å². The van der Waals surface area contributed by atoms with Crippen molar-refractivity contribution in [2.24, 2.45) is 5.92 Å². The van der Waals surface area contributed by atoms with Crippen LogP contribution in [0.15, 0.2) is 30.6 Å². The third-order valence-electron chi connectivity index (χ3n) is 3.62. The van der Waals surface area contributed by atoms with E-state index in [4.69, 9.17) is 5.11 Å². The van der Waals surface area contributed by atoms with E-state index >= 15 is 0 Å². The molecule has 2 rings (SSSR count). The number of aromatic nitrogens is 4. The summed E-state index contributed by atoms with van der Waals surface area (Å²) in [5.41, 5.74) is 2.17. The molecule has 0 saturated carbocycles. The lowest BCUT2D eigenvalue weighted by atomic mass is 10.1. The first-order valence-corrected chi connectivity index (χ1v) is 7.38. The highest BCUT2D eigenvalue weighted by Gasteiger charge is 2.07. The van der Waals surface area contributed by atoms with Crippen LogP contribution in [-0.2, 0) is 0 Å². The number of aliphatic hydroxyl groups is 1. The standard InChI is InChI=1S/C15H23N5O/c1-12(10-21)5-4-8-16-13(2)14-6-3-7-15(9-14)20-11-17-18-19-20/h3,6-7,9,11-13,16,21H,4-5,8,10H2,1-2H3. The summed E-state index contributed by atoms with van der Waals surface area (Å²) >= 11 is 0. The van der Waals surface area contributed by atoms with Crippen LogP contribution in [0.25, 0.3) is 5.69 Å². The first kappa shape index (κ1) is 15.6. The number of rotatable bonds is 8. The van der Waals surface area contributed by atoms with E-state index in [-0.39, 0.29) is 12.6 Å². The van der Waals surface area contributed by atoms with Gasteiger partial charge < -0.3 is 10.4 Å². The van der Waals surface area contributed by atoms with Gasteiger partial charge in [-0.2, -0.15) is 0 Å². The number of hydrogen-bond donors (Lipinski definition) is 2. The highest BCUT2D eigenvalue weighted by molar-refractivity contribution is 5.35. The zero-order valence-corrected chi connectivity index (χ0v) is 12.6. The predicted molar refractivity (Wildman–Crippen MR) is 81.1 cm³/mol. The van der Waals surface area contributed by atoms with Crippen molar-refractivity contribution in [2.45, 2.75) is 32.7 Å². The number of aliphatic hydroxyl groups excluding tert-OH is 1. The molecule has 21 heavy (non-hydrogen) atoms. The number of nitrogens with one attached hydrogen (secondary N) is 1. The van der Waals surface area contributed by atoms with Crippen LogP contribution in [0.5, 0.6) is 0 Å². The van der Waals surface area contributed by atoms with Gasteiger partial charge in [-0.3, -0.25) is 0 Å².